The summed E-state index contributed by atoms with van der Waals surface area (Å²) in [4.78, 5) is 27.3. The highest BCUT2D eigenvalue weighted by Gasteiger charge is 2.08. The van der Waals surface area contributed by atoms with Crippen molar-refractivity contribution in [3.8, 4) is 16.9 Å². The number of ether oxygens (including phenoxy) is 1. The summed E-state index contributed by atoms with van der Waals surface area (Å²) in [6.07, 6.45) is 3.24. The number of amides is 1. The highest BCUT2D eigenvalue weighted by molar-refractivity contribution is 6.04. The van der Waals surface area contributed by atoms with Gasteiger partial charge in [0.05, 0.1) is 11.9 Å². The Bertz CT molecular complexity index is 890. The van der Waals surface area contributed by atoms with Gasteiger partial charge in [-0.25, -0.2) is 0 Å². The van der Waals surface area contributed by atoms with E-state index in [1.807, 2.05) is 30.3 Å². The van der Waals surface area contributed by atoms with Gasteiger partial charge in [-0.2, -0.15) is 0 Å². The molecule has 0 bridgehead atoms. The van der Waals surface area contributed by atoms with Crippen molar-refractivity contribution in [3.05, 3.63) is 78.6 Å². The molecule has 1 N–H and O–H groups in total. The molecule has 5 nitrogen and oxygen atoms in total. The lowest BCUT2D eigenvalue weighted by Crippen LogP contribution is -2.11. The predicted molar refractivity (Wildman–Crippen MR) is 95.4 cm³/mol. The van der Waals surface area contributed by atoms with Crippen LogP contribution in [-0.2, 0) is 4.79 Å². The van der Waals surface area contributed by atoms with Crippen molar-refractivity contribution >= 4 is 17.6 Å². The Labute approximate surface area is 145 Å². The quantitative estimate of drug-likeness (QED) is 0.581. The Morgan fingerprint density at radius 2 is 1.76 bits per heavy atom. The number of aromatic nitrogens is 1. The summed E-state index contributed by atoms with van der Waals surface area (Å²) in [5, 5.41) is 2.81. The average molecular weight is 332 g/mol. The Morgan fingerprint density at radius 3 is 2.44 bits per heavy atom. The summed E-state index contributed by atoms with van der Waals surface area (Å²) in [7, 11) is 0. The van der Waals surface area contributed by atoms with Crippen LogP contribution in [0.3, 0.4) is 0 Å². The first-order chi connectivity index (χ1) is 12.1. The first-order valence-electron chi connectivity index (χ1n) is 7.72. The Hall–Kier alpha value is -3.47. The molecule has 2 aromatic carbocycles. The zero-order valence-electron chi connectivity index (χ0n) is 13.6. The minimum Gasteiger partial charge on any atom is -0.427 e. The van der Waals surface area contributed by atoms with Gasteiger partial charge in [-0.15, -0.1) is 0 Å². The third-order valence-electron chi connectivity index (χ3n) is 3.49. The maximum atomic E-state index is 12.4. The van der Waals surface area contributed by atoms with Crippen LogP contribution in [-0.4, -0.2) is 16.9 Å². The largest absolute Gasteiger partial charge is 0.427 e. The summed E-state index contributed by atoms with van der Waals surface area (Å²) < 4.78 is 5.02. The molecule has 0 aliphatic carbocycles. The van der Waals surface area contributed by atoms with E-state index in [2.05, 4.69) is 10.3 Å². The predicted octanol–water partition coefficient (Wildman–Crippen LogP) is 3.93. The van der Waals surface area contributed by atoms with Crippen molar-refractivity contribution in [2.24, 2.45) is 0 Å². The van der Waals surface area contributed by atoms with Crippen LogP contribution in [0.1, 0.15) is 17.3 Å². The number of rotatable bonds is 4. The van der Waals surface area contributed by atoms with Gasteiger partial charge in [-0.05, 0) is 47.5 Å². The number of benzene rings is 2. The van der Waals surface area contributed by atoms with Gasteiger partial charge in [-0.1, -0.05) is 24.3 Å². The summed E-state index contributed by atoms with van der Waals surface area (Å²) in [6, 6.07) is 18.0. The zero-order chi connectivity index (χ0) is 17.6. The molecule has 0 saturated carbocycles. The Morgan fingerprint density at radius 1 is 0.960 bits per heavy atom. The van der Waals surface area contributed by atoms with E-state index in [0.717, 1.165) is 11.1 Å². The lowest BCUT2D eigenvalue weighted by atomic mass is 10.0. The summed E-state index contributed by atoms with van der Waals surface area (Å²) in [5.41, 5.74) is 3.01. The Kier molecular flexibility index (Phi) is 4.85. The van der Waals surface area contributed by atoms with Gasteiger partial charge in [0, 0.05) is 18.7 Å². The molecule has 0 aliphatic rings. The van der Waals surface area contributed by atoms with E-state index in [4.69, 9.17) is 4.74 Å². The van der Waals surface area contributed by atoms with Gasteiger partial charge >= 0.3 is 5.97 Å². The minimum atomic E-state index is -0.359. The molecular weight excluding hydrogens is 316 g/mol. The highest BCUT2D eigenvalue weighted by atomic mass is 16.5. The Balaban J connectivity index is 1.79. The molecule has 0 fully saturated rings. The number of anilines is 1. The number of pyridine rings is 1. The third kappa shape index (κ3) is 4.29. The van der Waals surface area contributed by atoms with Gasteiger partial charge in [0.25, 0.3) is 5.91 Å². The number of carbonyl (C=O) groups excluding carboxylic acids is 2. The van der Waals surface area contributed by atoms with Crippen LogP contribution in [0.25, 0.3) is 11.1 Å². The molecule has 0 spiro atoms. The number of esters is 1. The topological polar surface area (TPSA) is 68.3 Å². The van der Waals surface area contributed by atoms with Crippen LogP contribution in [0.15, 0.2) is 73.1 Å². The molecule has 0 saturated heterocycles. The van der Waals surface area contributed by atoms with Gasteiger partial charge in [0.15, 0.2) is 0 Å². The van der Waals surface area contributed by atoms with E-state index in [1.54, 1.807) is 42.7 Å². The van der Waals surface area contributed by atoms with Crippen molar-refractivity contribution in [3.63, 3.8) is 0 Å². The fourth-order valence-electron chi connectivity index (χ4n) is 2.36. The zero-order valence-corrected chi connectivity index (χ0v) is 13.6. The molecule has 0 unspecified atom stereocenters. The SMILES string of the molecule is CC(=O)Oc1ccc(-c2cccc(C(=O)Nc3cccnc3)c2)cc1. The first kappa shape index (κ1) is 16.4. The smallest absolute Gasteiger partial charge is 0.308 e. The van der Waals surface area contributed by atoms with Crippen LogP contribution >= 0.6 is 0 Å². The van der Waals surface area contributed by atoms with Crippen LogP contribution < -0.4 is 10.1 Å². The van der Waals surface area contributed by atoms with Gasteiger partial charge in [0.1, 0.15) is 5.75 Å². The van der Waals surface area contributed by atoms with Crippen LogP contribution in [0.2, 0.25) is 0 Å². The van der Waals surface area contributed by atoms with Crippen LogP contribution in [0, 0.1) is 0 Å². The molecule has 124 valence electrons. The molecule has 0 atom stereocenters. The van der Waals surface area contributed by atoms with E-state index in [1.165, 1.54) is 6.92 Å². The lowest BCUT2D eigenvalue weighted by Gasteiger charge is -2.08. The van der Waals surface area contributed by atoms with Crippen molar-refractivity contribution in [1.82, 2.24) is 4.98 Å². The second kappa shape index (κ2) is 7.40. The number of nitrogens with zero attached hydrogens (tertiary/aromatic N) is 1. The molecule has 3 aromatic rings. The molecule has 1 aromatic heterocycles. The van der Waals surface area contributed by atoms with E-state index < -0.39 is 0 Å². The monoisotopic (exact) mass is 332 g/mol. The number of carbonyl (C=O) groups is 2. The van der Waals surface area contributed by atoms with E-state index in [0.29, 0.717) is 17.0 Å². The third-order valence-corrected chi connectivity index (χ3v) is 3.49. The molecule has 25 heavy (non-hydrogen) atoms. The lowest BCUT2D eigenvalue weighted by molar-refractivity contribution is -0.131. The molecule has 3 rings (SSSR count). The van der Waals surface area contributed by atoms with Gasteiger partial charge in [-0.3, -0.25) is 14.6 Å². The molecule has 5 heteroatoms. The van der Waals surface area contributed by atoms with Gasteiger partial charge < -0.3 is 10.1 Å². The van der Waals surface area contributed by atoms with E-state index >= 15 is 0 Å². The van der Waals surface area contributed by atoms with Crippen molar-refractivity contribution in [1.29, 1.82) is 0 Å². The van der Waals surface area contributed by atoms with Crippen molar-refractivity contribution < 1.29 is 14.3 Å². The van der Waals surface area contributed by atoms with Crippen molar-refractivity contribution in [2.75, 3.05) is 5.32 Å². The number of hydrogen-bond donors (Lipinski definition) is 1. The fraction of sp³-hybridized carbons (Fsp3) is 0.0500. The molecule has 1 amide bonds. The van der Waals surface area contributed by atoms with Gasteiger partial charge in [0.2, 0.25) is 0 Å². The first-order valence-corrected chi connectivity index (χ1v) is 7.72. The second-order valence-corrected chi connectivity index (χ2v) is 5.39. The minimum absolute atomic E-state index is 0.202. The molecule has 0 aliphatic heterocycles. The van der Waals surface area contributed by atoms with E-state index in [-0.39, 0.29) is 11.9 Å². The number of hydrogen-bond acceptors (Lipinski definition) is 4. The van der Waals surface area contributed by atoms with Crippen molar-refractivity contribution in [2.45, 2.75) is 6.92 Å². The van der Waals surface area contributed by atoms with Crippen LogP contribution in [0.4, 0.5) is 5.69 Å². The normalized spacial score (nSPS) is 10.1. The number of nitrogens with one attached hydrogen (secondary N) is 1. The average Bonchev–Trinajstić information content (AvgIpc) is 2.63. The standard InChI is InChI=1S/C20H16N2O3/c1-14(23)25-19-9-7-15(8-10-19)16-4-2-5-17(12-16)20(24)22-18-6-3-11-21-13-18/h2-13H,1H3,(H,22,24). The maximum absolute atomic E-state index is 12.4. The molecule has 1 heterocycles. The summed E-state index contributed by atoms with van der Waals surface area (Å²) in [5.74, 6) is -0.0741. The van der Waals surface area contributed by atoms with Crippen LogP contribution in [0.5, 0.6) is 5.75 Å². The maximum Gasteiger partial charge on any atom is 0.308 e. The summed E-state index contributed by atoms with van der Waals surface area (Å²) >= 11 is 0. The second-order valence-electron chi connectivity index (χ2n) is 5.39. The highest BCUT2D eigenvalue weighted by Crippen LogP contribution is 2.23. The molecular formula is C20H16N2O3. The fourth-order valence-corrected chi connectivity index (χ4v) is 2.36. The molecule has 0 radical (unpaired) electrons. The van der Waals surface area contributed by atoms with E-state index in [9.17, 15) is 9.59 Å². The summed E-state index contributed by atoms with van der Waals surface area (Å²) in [6.45, 7) is 1.36.